The van der Waals surface area contributed by atoms with Crippen molar-refractivity contribution in [1.82, 2.24) is 10.2 Å². The molecular formula is C13H19N3O. The molecule has 0 aliphatic rings. The van der Waals surface area contributed by atoms with E-state index in [9.17, 15) is 0 Å². The normalized spacial score (nSPS) is 11.1. The SMILES string of the molecule is Cc1cc(-c2cc(NCC(C)C)n[nH]2)c(C)o1. The van der Waals surface area contributed by atoms with Crippen LogP contribution in [-0.4, -0.2) is 16.7 Å². The molecule has 17 heavy (non-hydrogen) atoms. The molecule has 2 heterocycles. The van der Waals surface area contributed by atoms with Crippen LogP contribution in [0.2, 0.25) is 0 Å². The standard InChI is InChI=1S/C13H19N3O/c1-8(2)7-14-13-6-12(15-16-13)11-5-9(3)17-10(11)4/h5-6,8H,7H2,1-4H3,(H2,14,15,16). The molecule has 2 rings (SSSR count). The van der Waals surface area contributed by atoms with Crippen LogP contribution in [0.4, 0.5) is 5.82 Å². The van der Waals surface area contributed by atoms with Gasteiger partial charge in [-0.25, -0.2) is 0 Å². The van der Waals surface area contributed by atoms with Gasteiger partial charge in [0, 0.05) is 18.2 Å². The predicted molar refractivity (Wildman–Crippen MR) is 69.1 cm³/mol. The zero-order chi connectivity index (χ0) is 12.4. The van der Waals surface area contributed by atoms with Crippen LogP contribution >= 0.6 is 0 Å². The fourth-order valence-corrected chi connectivity index (χ4v) is 1.76. The summed E-state index contributed by atoms with van der Waals surface area (Å²) in [6, 6.07) is 4.04. The van der Waals surface area contributed by atoms with Crippen LogP contribution in [0.1, 0.15) is 25.4 Å². The maximum atomic E-state index is 5.51. The van der Waals surface area contributed by atoms with E-state index in [2.05, 4.69) is 29.4 Å². The first-order chi connectivity index (χ1) is 8.06. The number of hydrogen-bond acceptors (Lipinski definition) is 3. The molecule has 0 unspecified atom stereocenters. The summed E-state index contributed by atoms with van der Waals surface area (Å²) >= 11 is 0. The number of aromatic amines is 1. The zero-order valence-corrected chi connectivity index (χ0v) is 10.8. The molecule has 0 aliphatic carbocycles. The Morgan fingerprint density at radius 2 is 2.12 bits per heavy atom. The lowest BCUT2D eigenvalue weighted by molar-refractivity contribution is 0.505. The number of H-pyrrole nitrogens is 1. The number of aromatic nitrogens is 2. The van der Waals surface area contributed by atoms with Gasteiger partial charge in [-0.15, -0.1) is 0 Å². The second-order valence-corrected chi connectivity index (χ2v) is 4.77. The van der Waals surface area contributed by atoms with Gasteiger partial charge in [-0.1, -0.05) is 13.8 Å². The molecule has 2 aromatic heterocycles. The number of aryl methyl sites for hydroxylation is 2. The summed E-state index contributed by atoms with van der Waals surface area (Å²) in [7, 11) is 0. The molecule has 0 atom stereocenters. The van der Waals surface area contributed by atoms with Crippen LogP contribution < -0.4 is 5.32 Å². The number of rotatable bonds is 4. The van der Waals surface area contributed by atoms with Gasteiger partial charge in [0.2, 0.25) is 0 Å². The van der Waals surface area contributed by atoms with Crippen molar-refractivity contribution in [2.24, 2.45) is 5.92 Å². The summed E-state index contributed by atoms with van der Waals surface area (Å²) in [5.74, 6) is 3.32. The topological polar surface area (TPSA) is 53.9 Å². The van der Waals surface area contributed by atoms with Crippen molar-refractivity contribution in [1.29, 1.82) is 0 Å². The first-order valence-electron chi connectivity index (χ1n) is 5.93. The minimum absolute atomic E-state index is 0.605. The van der Waals surface area contributed by atoms with Crippen LogP contribution in [-0.2, 0) is 0 Å². The zero-order valence-electron chi connectivity index (χ0n) is 10.8. The highest BCUT2D eigenvalue weighted by atomic mass is 16.3. The second-order valence-electron chi connectivity index (χ2n) is 4.77. The largest absolute Gasteiger partial charge is 0.466 e. The van der Waals surface area contributed by atoms with E-state index < -0.39 is 0 Å². The van der Waals surface area contributed by atoms with Crippen LogP contribution in [0, 0.1) is 19.8 Å². The van der Waals surface area contributed by atoms with Crippen LogP contribution in [0.3, 0.4) is 0 Å². The second kappa shape index (κ2) is 4.65. The monoisotopic (exact) mass is 233 g/mol. The smallest absolute Gasteiger partial charge is 0.148 e. The molecule has 0 aromatic carbocycles. The Bertz CT molecular complexity index is 496. The van der Waals surface area contributed by atoms with E-state index >= 15 is 0 Å². The van der Waals surface area contributed by atoms with Crippen molar-refractivity contribution in [3.63, 3.8) is 0 Å². The molecule has 4 heteroatoms. The van der Waals surface area contributed by atoms with Crippen molar-refractivity contribution >= 4 is 5.82 Å². The van der Waals surface area contributed by atoms with Gasteiger partial charge in [0.25, 0.3) is 0 Å². The van der Waals surface area contributed by atoms with Gasteiger partial charge in [-0.3, -0.25) is 5.10 Å². The Morgan fingerprint density at radius 1 is 1.35 bits per heavy atom. The molecule has 4 nitrogen and oxygen atoms in total. The van der Waals surface area contributed by atoms with Crippen LogP contribution in [0.25, 0.3) is 11.3 Å². The Kier molecular flexibility index (Phi) is 3.22. The minimum Gasteiger partial charge on any atom is -0.466 e. The summed E-state index contributed by atoms with van der Waals surface area (Å²) in [6.45, 7) is 9.18. The first kappa shape index (κ1) is 11.8. The molecule has 0 radical (unpaired) electrons. The molecule has 0 fully saturated rings. The summed E-state index contributed by atoms with van der Waals surface area (Å²) in [5.41, 5.74) is 2.07. The van der Waals surface area contributed by atoms with E-state index in [0.29, 0.717) is 5.92 Å². The Labute approximate surface area is 101 Å². The highest BCUT2D eigenvalue weighted by Crippen LogP contribution is 2.26. The van der Waals surface area contributed by atoms with Gasteiger partial charge in [-0.2, -0.15) is 5.10 Å². The number of furan rings is 1. The Balaban J connectivity index is 2.15. The van der Waals surface area contributed by atoms with E-state index in [4.69, 9.17) is 4.42 Å². The molecular weight excluding hydrogens is 214 g/mol. The number of anilines is 1. The third-order valence-corrected chi connectivity index (χ3v) is 2.60. The molecule has 2 aromatic rings. The van der Waals surface area contributed by atoms with Gasteiger partial charge in [-0.05, 0) is 25.8 Å². The van der Waals surface area contributed by atoms with Crippen molar-refractivity contribution in [2.75, 3.05) is 11.9 Å². The fraction of sp³-hybridized carbons (Fsp3) is 0.462. The quantitative estimate of drug-likeness (QED) is 0.851. The maximum absolute atomic E-state index is 5.51. The maximum Gasteiger partial charge on any atom is 0.148 e. The summed E-state index contributed by atoms with van der Waals surface area (Å²) in [5, 5.41) is 10.6. The lowest BCUT2D eigenvalue weighted by Crippen LogP contribution is -2.07. The summed E-state index contributed by atoms with van der Waals surface area (Å²) in [6.07, 6.45) is 0. The molecule has 2 N–H and O–H groups in total. The van der Waals surface area contributed by atoms with Gasteiger partial charge < -0.3 is 9.73 Å². The minimum atomic E-state index is 0.605. The van der Waals surface area contributed by atoms with Crippen molar-refractivity contribution in [3.8, 4) is 11.3 Å². The Morgan fingerprint density at radius 3 is 2.71 bits per heavy atom. The average Bonchev–Trinajstić information content (AvgIpc) is 2.82. The third-order valence-electron chi connectivity index (χ3n) is 2.60. The Hall–Kier alpha value is -1.71. The molecule has 0 aliphatic heterocycles. The molecule has 0 saturated heterocycles. The van der Waals surface area contributed by atoms with E-state index in [1.807, 2.05) is 26.0 Å². The number of nitrogens with one attached hydrogen (secondary N) is 2. The third kappa shape index (κ3) is 2.70. The highest BCUT2D eigenvalue weighted by molar-refractivity contribution is 5.65. The molecule has 0 bridgehead atoms. The van der Waals surface area contributed by atoms with Gasteiger partial charge in [0.15, 0.2) is 0 Å². The van der Waals surface area contributed by atoms with Gasteiger partial charge >= 0.3 is 0 Å². The highest BCUT2D eigenvalue weighted by Gasteiger charge is 2.10. The number of nitrogens with zero attached hydrogens (tertiary/aromatic N) is 1. The van der Waals surface area contributed by atoms with E-state index in [1.165, 1.54) is 0 Å². The number of hydrogen-bond donors (Lipinski definition) is 2. The van der Waals surface area contributed by atoms with E-state index in [1.54, 1.807) is 0 Å². The fourth-order valence-electron chi connectivity index (χ4n) is 1.76. The molecule has 0 spiro atoms. The van der Waals surface area contributed by atoms with Gasteiger partial charge in [0.1, 0.15) is 17.3 Å². The molecule has 92 valence electrons. The first-order valence-corrected chi connectivity index (χ1v) is 5.93. The summed E-state index contributed by atoms with van der Waals surface area (Å²) < 4.78 is 5.51. The van der Waals surface area contributed by atoms with Crippen molar-refractivity contribution < 1.29 is 4.42 Å². The van der Waals surface area contributed by atoms with E-state index in [-0.39, 0.29) is 0 Å². The predicted octanol–water partition coefficient (Wildman–Crippen LogP) is 3.35. The lowest BCUT2D eigenvalue weighted by atomic mass is 10.2. The van der Waals surface area contributed by atoms with Crippen LogP contribution in [0.15, 0.2) is 16.5 Å². The van der Waals surface area contributed by atoms with Crippen molar-refractivity contribution in [2.45, 2.75) is 27.7 Å². The van der Waals surface area contributed by atoms with Gasteiger partial charge in [0.05, 0.1) is 5.69 Å². The van der Waals surface area contributed by atoms with Crippen molar-refractivity contribution in [3.05, 3.63) is 23.7 Å². The lowest BCUT2D eigenvalue weighted by Gasteiger charge is -2.04. The van der Waals surface area contributed by atoms with E-state index in [0.717, 1.165) is 35.1 Å². The molecule has 0 amide bonds. The summed E-state index contributed by atoms with van der Waals surface area (Å²) in [4.78, 5) is 0. The van der Waals surface area contributed by atoms with Crippen LogP contribution in [0.5, 0.6) is 0 Å². The molecule has 0 saturated carbocycles. The average molecular weight is 233 g/mol.